The molecule has 1 aliphatic rings. The van der Waals surface area contributed by atoms with Crippen LogP contribution in [0.15, 0.2) is 0 Å². The first-order valence-electron chi connectivity index (χ1n) is 7.69. The van der Waals surface area contributed by atoms with Gasteiger partial charge in [0.1, 0.15) is 12.4 Å². The van der Waals surface area contributed by atoms with Crippen LogP contribution in [0.3, 0.4) is 0 Å². The summed E-state index contributed by atoms with van der Waals surface area (Å²) in [6, 6.07) is 0.191. The normalized spacial score (nSPS) is 20.3. The number of carbonyl (C=O) groups is 1. The van der Waals surface area contributed by atoms with Crippen molar-refractivity contribution in [1.82, 2.24) is 25.1 Å². The van der Waals surface area contributed by atoms with E-state index in [4.69, 9.17) is 5.11 Å². The van der Waals surface area contributed by atoms with Crippen LogP contribution in [0.1, 0.15) is 46.0 Å². The predicted octanol–water partition coefficient (Wildman–Crippen LogP) is 0.986. The maximum absolute atomic E-state index is 12.1. The van der Waals surface area contributed by atoms with Crippen LogP contribution in [-0.2, 0) is 24.9 Å². The second-order valence-corrected chi connectivity index (χ2v) is 7.33. The third-order valence-corrected chi connectivity index (χ3v) is 5.40. The number of nitrogens with zero attached hydrogens (tertiary/aromatic N) is 4. The minimum absolute atomic E-state index is 0.0502. The summed E-state index contributed by atoms with van der Waals surface area (Å²) < 4.78 is 1.84. The second-order valence-electron chi connectivity index (χ2n) is 6.04. The summed E-state index contributed by atoms with van der Waals surface area (Å²) in [7, 11) is 1.86. The van der Waals surface area contributed by atoms with Crippen LogP contribution >= 0.6 is 11.3 Å². The molecule has 1 aliphatic carbocycles. The van der Waals surface area contributed by atoms with Crippen molar-refractivity contribution in [3.05, 3.63) is 27.2 Å². The smallest absolute Gasteiger partial charge is 0.225 e. The zero-order valence-corrected chi connectivity index (χ0v) is 14.4. The number of carbonyl (C=O) groups excluding carboxylic acids is 1. The van der Waals surface area contributed by atoms with E-state index >= 15 is 0 Å². The highest BCUT2D eigenvalue weighted by molar-refractivity contribution is 7.11. The molecule has 0 aliphatic heterocycles. The molecule has 0 unspecified atom stereocenters. The highest BCUT2D eigenvalue weighted by Crippen LogP contribution is 2.36. The van der Waals surface area contributed by atoms with Crippen LogP contribution in [0.2, 0.25) is 0 Å². The molecule has 1 saturated carbocycles. The summed E-state index contributed by atoms with van der Waals surface area (Å²) >= 11 is 1.58. The van der Waals surface area contributed by atoms with Crippen molar-refractivity contribution in [3.8, 4) is 0 Å². The van der Waals surface area contributed by atoms with Gasteiger partial charge < -0.3 is 15.0 Å². The third kappa shape index (κ3) is 3.28. The summed E-state index contributed by atoms with van der Waals surface area (Å²) in [6.45, 7) is 3.79. The van der Waals surface area contributed by atoms with Crippen molar-refractivity contribution < 1.29 is 9.90 Å². The largest absolute Gasteiger partial charge is 0.388 e. The summed E-state index contributed by atoms with van der Waals surface area (Å²) in [5.74, 6) is 1.80. The van der Waals surface area contributed by atoms with Gasteiger partial charge in [0, 0.05) is 23.9 Å². The topological polar surface area (TPSA) is 92.9 Å². The first-order chi connectivity index (χ1) is 11.0. The summed E-state index contributed by atoms with van der Waals surface area (Å²) in [4.78, 5) is 17.5. The zero-order chi connectivity index (χ0) is 16.6. The third-order valence-electron chi connectivity index (χ3n) is 4.33. The number of rotatable bonds is 5. The number of hydrogen-bond donors (Lipinski definition) is 2. The van der Waals surface area contributed by atoms with Crippen molar-refractivity contribution in [3.63, 3.8) is 0 Å². The van der Waals surface area contributed by atoms with Crippen molar-refractivity contribution in [2.75, 3.05) is 0 Å². The molecule has 124 valence electrons. The van der Waals surface area contributed by atoms with Gasteiger partial charge in [-0.15, -0.1) is 21.5 Å². The molecule has 8 heteroatoms. The molecule has 0 bridgehead atoms. The van der Waals surface area contributed by atoms with Crippen LogP contribution in [0.4, 0.5) is 0 Å². The monoisotopic (exact) mass is 335 g/mol. The molecule has 1 amide bonds. The van der Waals surface area contributed by atoms with E-state index in [1.165, 1.54) is 0 Å². The van der Waals surface area contributed by atoms with Gasteiger partial charge in [-0.25, -0.2) is 4.98 Å². The lowest BCUT2D eigenvalue weighted by atomic mass is 9.79. The maximum atomic E-state index is 12.1. The molecule has 0 radical (unpaired) electrons. The van der Waals surface area contributed by atoms with Crippen molar-refractivity contribution >= 4 is 17.2 Å². The first-order valence-corrected chi connectivity index (χ1v) is 8.50. The average Bonchev–Trinajstić information content (AvgIpc) is 2.96. The number of thiazole rings is 1. The molecule has 2 aromatic heterocycles. The van der Waals surface area contributed by atoms with Crippen LogP contribution in [0.5, 0.6) is 0 Å². The lowest BCUT2D eigenvalue weighted by Gasteiger charge is -2.35. The molecule has 2 aromatic rings. The molecular weight excluding hydrogens is 314 g/mol. The van der Waals surface area contributed by atoms with Gasteiger partial charge in [0.15, 0.2) is 5.82 Å². The van der Waals surface area contributed by atoms with Crippen LogP contribution in [0, 0.1) is 13.8 Å². The number of aromatic nitrogens is 4. The van der Waals surface area contributed by atoms with Crippen LogP contribution in [0.25, 0.3) is 0 Å². The lowest BCUT2D eigenvalue weighted by Crippen LogP contribution is -2.44. The molecule has 3 rings (SSSR count). The molecule has 2 N–H and O–H groups in total. The Morgan fingerprint density at radius 2 is 2.13 bits per heavy atom. The molecule has 0 atom stereocenters. The van der Waals surface area contributed by atoms with Gasteiger partial charge in [-0.05, 0) is 26.7 Å². The second kappa shape index (κ2) is 6.37. The first kappa shape index (κ1) is 16.1. The zero-order valence-electron chi connectivity index (χ0n) is 13.5. The SMILES string of the molecule is Cc1nc(C)c(CC(=O)NC2CC(c3nnc(CO)n3C)C2)s1. The number of aliphatic hydroxyl groups is 1. The minimum Gasteiger partial charge on any atom is -0.388 e. The Morgan fingerprint density at radius 1 is 1.39 bits per heavy atom. The van der Waals surface area contributed by atoms with Crippen molar-refractivity contribution in [1.29, 1.82) is 0 Å². The number of nitrogens with one attached hydrogen (secondary N) is 1. The quantitative estimate of drug-likeness (QED) is 0.850. The molecule has 0 aromatic carbocycles. The standard InChI is InChI=1S/C15H21N5O2S/c1-8-12(23-9(2)16-8)6-14(22)17-11-4-10(5-11)15-19-18-13(7-21)20(15)3/h10-11,21H,4-7H2,1-3H3,(H,17,22). The van der Waals surface area contributed by atoms with E-state index < -0.39 is 0 Å². The number of amides is 1. The number of aryl methyl sites for hydroxylation is 2. The summed E-state index contributed by atoms with van der Waals surface area (Å²) in [5.41, 5.74) is 0.949. The molecular formula is C15H21N5O2S. The Morgan fingerprint density at radius 3 is 2.70 bits per heavy atom. The molecule has 2 heterocycles. The molecule has 1 fully saturated rings. The van der Waals surface area contributed by atoms with E-state index in [-0.39, 0.29) is 18.6 Å². The van der Waals surface area contributed by atoms with E-state index in [2.05, 4.69) is 20.5 Å². The van der Waals surface area contributed by atoms with E-state index in [0.717, 1.165) is 34.2 Å². The van der Waals surface area contributed by atoms with Crippen LogP contribution in [-0.4, -0.2) is 36.8 Å². The van der Waals surface area contributed by atoms with Gasteiger partial charge in [0.2, 0.25) is 5.91 Å². The molecule has 23 heavy (non-hydrogen) atoms. The van der Waals surface area contributed by atoms with Gasteiger partial charge in [-0.3, -0.25) is 4.79 Å². The number of hydrogen-bond acceptors (Lipinski definition) is 6. The molecule has 7 nitrogen and oxygen atoms in total. The maximum Gasteiger partial charge on any atom is 0.225 e. The van der Waals surface area contributed by atoms with Gasteiger partial charge in [0.05, 0.1) is 17.1 Å². The number of aliphatic hydroxyl groups excluding tert-OH is 1. The predicted molar refractivity (Wildman–Crippen MR) is 86.1 cm³/mol. The Labute approximate surface area is 138 Å². The van der Waals surface area contributed by atoms with Gasteiger partial charge in [0.25, 0.3) is 0 Å². The highest BCUT2D eigenvalue weighted by atomic mass is 32.1. The Hall–Kier alpha value is -1.80. The van der Waals surface area contributed by atoms with Gasteiger partial charge in [-0.1, -0.05) is 0 Å². The van der Waals surface area contributed by atoms with Gasteiger partial charge in [-0.2, -0.15) is 0 Å². The summed E-state index contributed by atoms with van der Waals surface area (Å²) in [5, 5.41) is 21.3. The van der Waals surface area contributed by atoms with Crippen molar-refractivity contribution in [2.24, 2.45) is 7.05 Å². The van der Waals surface area contributed by atoms with E-state index in [0.29, 0.717) is 18.2 Å². The lowest BCUT2D eigenvalue weighted by molar-refractivity contribution is -0.121. The molecule has 0 saturated heterocycles. The molecule has 0 spiro atoms. The highest BCUT2D eigenvalue weighted by Gasteiger charge is 2.34. The van der Waals surface area contributed by atoms with E-state index in [9.17, 15) is 4.79 Å². The Kier molecular flexibility index (Phi) is 4.45. The fraction of sp³-hybridized carbons (Fsp3) is 0.600. The van der Waals surface area contributed by atoms with E-state index in [1.807, 2.05) is 25.5 Å². The average molecular weight is 335 g/mol. The van der Waals surface area contributed by atoms with E-state index in [1.54, 1.807) is 11.3 Å². The van der Waals surface area contributed by atoms with Crippen LogP contribution < -0.4 is 5.32 Å². The Bertz CT molecular complexity index is 718. The fourth-order valence-corrected chi connectivity index (χ4v) is 3.91. The van der Waals surface area contributed by atoms with Gasteiger partial charge >= 0.3 is 0 Å². The minimum atomic E-state index is -0.107. The van der Waals surface area contributed by atoms with Crippen molar-refractivity contribution in [2.45, 2.75) is 51.7 Å². The fourth-order valence-electron chi connectivity index (χ4n) is 2.98. The summed E-state index contributed by atoms with van der Waals surface area (Å²) in [6.07, 6.45) is 2.13. The Balaban J connectivity index is 1.51.